The van der Waals surface area contributed by atoms with Gasteiger partial charge in [0.25, 0.3) is 0 Å². The first-order valence-corrected chi connectivity index (χ1v) is 6.88. The summed E-state index contributed by atoms with van der Waals surface area (Å²) >= 11 is 1.33. The molecule has 0 fully saturated rings. The average Bonchev–Trinajstić information content (AvgIpc) is 2.85. The second-order valence-electron chi connectivity index (χ2n) is 4.53. The lowest BCUT2D eigenvalue weighted by Gasteiger charge is -2.17. The van der Waals surface area contributed by atoms with Gasteiger partial charge in [-0.1, -0.05) is 19.9 Å². The topological polar surface area (TPSA) is 83.5 Å². The van der Waals surface area contributed by atoms with Crippen LogP contribution in [-0.2, 0) is 9.59 Å². The normalized spacial score (nSPS) is 12.2. The Hall–Kier alpha value is -1.69. The summed E-state index contributed by atoms with van der Waals surface area (Å²) in [4.78, 5) is 34.8. The van der Waals surface area contributed by atoms with Crippen LogP contribution < -0.4 is 5.32 Å². The maximum absolute atomic E-state index is 11.7. The molecule has 1 heterocycles. The van der Waals surface area contributed by atoms with E-state index in [-0.39, 0.29) is 24.5 Å². The van der Waals surface area contributed by atoms with E-state index in [1.54, 1.807) is 31.4 Å². The molecule has 1 aromatic rings. The van der Waals surface area contributed by atoms with Crippen molar-refractivity contribution >= 4 is 29.0 Å². The Morgan fingerprint density at radius 1 is 1.32 bits per heavy atom. The summed E-state index contributed by atoms with van der Waals surface area (Å²) in [6, 6.07) is 2.57. The SMILES string of the molecule is CC(C)[C@@H](NC(=O)CCC(=O)c1cccs1)C(=O)O. The lowest BCUT2D eigenvalue weighted by atomic mass is 10.0. The molecule has 0 spiro atoms. The van der Waals surface area contributed by atoms with Crippen LogP contribution in [0.1, 0.15) is 36.4 Å². The number of hydrogen-bond acceptors (Lipinski definition) is 4. The van der Waals surface area contributed by atoms with Gasteiger partial charge < -0.3 is 10.4 Å². The predicted octanol–water partition coefficient (Wildman–Crippen LogP) is 1.94. The van der Waals surface area contributed by atoms with Crippen molar-refractivity contribution in [1.29, 1.82) is 0 Å². The van der Waals surface area contributed by atoms with Gasteiger partial charge in [-0.3, -0.25) is 9.59 Å². The monoisotopic (exact) mass is 283 g/mol. The Bertz CT molecular complexity index is 453. The molecule has 104 valence electrons. The molecule has 0 unspecified atom stereocenters. The summed E-state index contributed by atoms with van der Waals surface area (Å²) in [6.07, 6.45) is 0.101. The van der Waals surface area contributed by atoms with Crippen LogP contribution in [0.4, 0.5) is 0 Å². The van der Waals surface area contributed by atoms with Crippen molar-refractivity contribution in [3.05, 3.63) is 22.4 Å². The van der Waals surface area contributed by atoms with Crippen LogP contribution in [0, 0.1) is 5.92 Å². The Labute approximate surface area is 115 Å². The van der Waals surface area contributed by atoms with Crippen LogP contribution >= 0.6 is 11.3 Å². The van der Waals surface area contributed by atoms with Gasteiger partial charge in [-0.2, -0.15) is 0 Å². The molecule has 1 rings (SSSR count). The molecule has 5 nitrogen and oxygen atoms in total. The molecule has 0 bridgehead atoms. The van der Waals surface area contributed by atoms with Crippen molar-refractivity contribution in [3.8, 4) is 0 Å². The molecule has 19 heavy (non-hydrogen) atoms. The van der Waals surface area contributed by atoms with Crippen LogP contribution in [0.3, 0.4) is 0 Å². The molecule has 0 aliphatic rings. The summed E-state index contributed by atoms with van der Waals surface area (Å²) < 4.78 is 0. The quantitative estimate of drug-likeness (QED) is 0.749. The smallest absolute Gasteiger partial charge is 0.326 e. The summed E-state index contributed by atoms with van der Waals surface area (Å²) in [5.74, 6) is -1.77. The lowest BCUT2D eigenvalue weighted by Crippen LogP contribution is -2.44. The number of thiophene rings is 1. The zero-order valence-corrected chi connectivity index (χ0v) is 11.7. The maximum atomic E-state index is 11.7. The van der Waals surface area contributed by atoms with Gasteiger partial charge in [-0.15, -0.1) is 11.3 Å². The third kappa shape index (κ3) is 4.82. The van der Waals surface area contributed by atoms with Gasteiger partial charge in [-0.25, -0.2) is 4.79 Å². The van der Waals surface area contributed by atoms with Crippen LogP contribution in [0.25, 0.3) is 0 Å². The Kier molecular flexibility index (Phi) is 5.69. The molecule has 1 aromatic heterocycles. The van der Waals surface area contributed by atoms with Crippen LogP contribution in [-0.4, -0.2) is 28.8 Å². The van der Waals surface area contributed by atoms with Crippen molar-refractivity contribution in [1.82, 2.24) is 5.32 Å². The van der Waals surface area contributed by atoms with Gasteiger partial charge in [0.1, 0.15) is 6.04 Å². The lowest BCUT2D eigenvalue weighted by molar-refractivity contribution is -0.143. The number of amides is 1. The fourth-order valence-corrected chi connectivity index (χ4v) is 2.24. The zero-order chi connectivity index (χ0) is 14.4. The van der Waals surface area contributed by atoms with Crippen LogP contribution in [0.2, 0.25) is 0 Å². The molecule has 0 aliphatic carbocycles. The van der Waals surface area contributed by atoms with E-state index >= 15 is 0 Å². The van der Waals surface area contributed by atoms with E-state index in [0.29, 0.717) is 4.88 Å². The van der Waals surface area contributed by atoms with Gasteiger partial charge in [0, 0.05) is 12.8 Å². The van der Waals surface area contributed by atoms with E-state index in [0.717, 1.165) is 0 Å². The largest absolute Gasteiger partial charge is 0.480 e. The second kappa shape index (κ2) is 7.04. The van der Waals surface area contributed by atoms with E-state index in [4.69, 9.17) is 5.11 Å². The fourth-order valence-electron chi connectivity index (χ4n) is 1.55. The van der Waals surface area contributed by atoms with Crippen molar-refractivity contribution < 1.29 is 19.5 Å². The maximum Gasteiger partial charge on any atom is 0.326 e. The minimum Gasteiger partial charge on any atom is -0.480 e. The number of carbonyl (C=O) groups is 3. The molecular formula is C13H17NO4S. The highest BCUT2D eigenvalue weighted by molar-refractivity contribution is 7.12. The third-order valence-electron chi connectivity index (χ3n) is 2.62. The Morgan fingerprint density at radius 2 is 2.00 bits per heavy atom. The fraction of sp³-hybridized carbons (Fsp3) is 0.462. The molecular weight excluding hydrogens is 266 g/mol. The van der Waals surface area contributed by atoms with Gasteiger partial charge >= 0.3 is 5.97 Å². The van der Waals surface area contributed by atoms with Gasteiger partial charge in [-0.05, 0) is 17.4 Å². The van der Waals surface area contributed by atoms with Crippen molar-refractivity contribution in [2.45, 2.75) is 32.7 Å². The highest BCUT2D eigenvalue weighted by atomic mass is 32.1. The zero-order valence-electron chi connectivity index (χ0n) is 10.9. The molecule has 0 saturated carbocycles. The van der Waals surface area contributed by atoms with Crippen molar-refractivity contribution in [2.24, 2.45) is 5.92 Å². The number of nitrogens with one attached hydrogen (secondary N) is 1. The first kappa shape index (κ1) is 15.4. The van der Waals surface area contributed by atoms with Crippen LogP contribution in [0.15, 0.2) is 17.5 Å². The first-order chi connectivity index (χ1) is 8.91. The van der Waals surface area contributed by atoms with Crippen molar-refractivity contribution in [2.75, 3.05) is 0 Å². The number of carbonyl (C=O) groups excluding carboxylic acids is 2. The third-order valence-corrected chi connectivity index (χ3v) is 3.54. The second-order valence-corrected chi connectivity index (χ2v) is 5.48. The number of carboxylic acids is 1. The molecule has 2 N–H and O–H groups in total. The molecule has 0 radical (unpaired) electrons. The minimum atomic E-state index is -1.06. The summed E-state index contributed by atoms with van der Waals surface area (Å²) in [5.41, 5.74) is 0. The van der Waals surface area contributed by atoms with Gasteiger partial charge in [0.05, 0.1) is 4.88 Å². The van der Waals surface area contributed by atoms with Gasteiger partial charge in [0.2, 0.25) is 5.91 Å². The van der Waals surface area contributed by atoms with Crippen LogP contribution in [0.5, 0.6) is 0 Å². The average molecular weight is 283 g/mol. The number of aliphatic carboxylic acids is 1. The number of ketones is 1. The highest BCUT2D eigenvalue weighted by Crippen LogP contribution is 2.12. The number of Topliss-reactive ketones (excluding diaryl/α,β-unsaturated/α-hetero) is 1. The minimum absolute atomic E-state index is 0.00718. The Morgan fingerprint density at radius 3 is 2.47 bits per heavy atom. The van der Waals surface area contributed by atoms with E-state index < -0.39 is 17.9 Å². The molecule has 1 amide bonds. The first-order valence-electron chi connectivity index (χ1n) is 6.00. The molecule has 0 aromatic carbocycles. The van der Waals surface area contributed by atoms with E-state index in [1.165, 1.54) is 11.3 Å². The molecule has 0 saturated heterocycles. The van der Waals surface area contributed by atoms with E-state index in [1.807, 2.05) is 0 Å². The summed E-state index contributed by atoms with van der Waals surface area (Å²) in [5, 5.41) is 13.2. The van der Waals surface area contributed by atoms with Crippen molar-refractivity contribution in [3.63, 3.8) is 0 Å². The van der Waals surface area contributed by atoms with Gasteiger partial charge in [0.15, 0.2) is 5.78 Å². The highest BCUT2D eigenvalue weighted by Gasteiger charge is 2.23. The number of carboxylic acid groups (broad SMARTS) is 1. The molecule has 6 heteroatoms. The summed E-state index contributed by atoms with van der Waals surface area (Å²) in [6.45, 7) is 3.44. The van der Waals surface area contributed by atoms with E-state index in [2.05, 4.69) is 5.32 Å². The predicted molar refractivity (Wildman–Crippen MR) is 72.3 cm³/mol. The molecule has 1 atom stereocenters. The standard InChI is InChI=1S/C13H17NO4S/c1-8(2)12(13(17)18)14-11(16)6-5-9(15)10-4-3-7-19-10/h3-4,7-8,12H,5-6H2,1-2H3,(H,14,16)(H,17,18)/t12-/m1/s1. The summed E-state index contributed by atoms with van der Waals surface area (Å²) in [7, 11) is 0. The molecule has 0 aliphatic heterocycles. The number of hydrogen-bond donors (Lipinski definition) is 2. The van der Waals surface area contributed by atoms with E-state index in [9.17, 15) is 14.4 Å². The number of rotatable bonds is 7. The Balaban J connectivity index is 2.43.